The Morgan fingerprint density at radius 2 is 1.58 bits per heavy atom. The van der Waals surface area contributed by atoms with Crippen molar-refractivity contribution in [1.29, 1.82) is 0 Å². The summed E-state index contributed by atoms with van der Waals surface area (Å²) in [5.41, 5.74) is 6.12. The number of carboxylic acids is 1. The first-order chi connectivity index (χ1) is 11.8. The van der Waals surface area contributed by atoms with Crippen molar-refractivity contribution >= 4 is 17.7 Å². The lowest BCUT2D eigenvalue weighted by Crippen LogP contribution is -2.32. The molecular weight excluding hydrogens is 340 g/mol. The van der Waals surface area contributed by atoms with E-state index in [1.54, 1.807) is 42.5 Å². The molecule has 1 unspecified atom stereocenters. The van der Waals surface area contributed by atoms with Gasteiger partial charge in [-0.3, -0.25) is 9.59 Å². The van der Waals surface area contributed by atoms with Crippen molar-refractivity contribution in [3.8, 4) is 11.5 Å². The van der Waals surface area contributed by atoms with Gasteiger partial charge in [0, 0.05) is 6.92 Å². The minimum atomic E-state index is -1.02. The molecule has 2 aromatic rings. The van der Waals surface area contributed by atoms with E-state index in [9.17, 15) is 14.4 Å². The number of carbonyl (C=O) groups is 3. The molecule has 0 radical (unpaired) electrons. The summed E-state index contributed by atoms with van der Waals surface area (Å²) in [4.78, 5) is 31.6. The van der Waals surface area contributed by atoms with Gasteiger partial charge in [0.2, 0.25) is 5.78 Å². The summed E-state index contributed by atoms with van der Waals surface area (Å²) in [6.07, 6.45) is 0.273. The highest BCUT2D eigenvalue weighted by molar-refractivity contribution is 6.33. The number of Topliss-reactive ketones (excluding diaryl/α,β-unsaturated/α-hetero) is 1. The van der Waals surface area contributed by atoms with Gasteiger partial charge >= 0.3 is 11.9 Å². The molecule has 0 heterocycles. The largest absolute Gasteiger partial charge is 0.508 e. The topological polar surface area (TPSA) is 162 Å². The van der Waals surface area contributed by atoms with Crippen molar-refractivity contribution < 1.29 is 29.3 Å². The van der Waals surface area contributed by atoms with Gasteiger partial charge in [-0.15, -0.1) is 0 Å². The average Bonchev–Trinajstić information content (AvgIpc) is 2.58. The minimum Gasteiger partial charge on any atom is -0.508 e. The number of aliphatic carboxylic acids is 1. The summed E-state index contributed by atoms with van der Waals surface area (Å²) in [6, 6.07) is 13.9. The predicted molar refractivity (Wildman–Crippen MR) is 95.2 cm³/mol. The predicted octanol–water partition coefficient (Wildman–Crippen LogP) is 1.69. The van der Waals surface area contributed by atoms with Crippen LogP contribution < -0.4 is 16.6 Å². The maximum absolute atomic E-state index is 10.7. The van der Waals surface area contributed by atoms with E-state index >= 15 is 0 Å². The number of hydrogen-bond donors (Lipinski definition) is 4. The number of esters is 1. The summed E-state index contributed by atoms with van der Waals surface area (Å²) in [5.74, 6) is -1.90. The zero-order valence-electron chi connectivity index (χ0n) is 14.3. The van der Waals surface area contributed by atoms with E-state index in [0.717, 1.165) is 5.56 Å². The second-order valence-electron chi connectivity index (χ2n) is 5.07. The van der Waals surface area contributed by atoms with Crippen LogP contribution in [0.3, 0.4) is 0 Å². The quantitative estimate of drug-likeness (QED) is 0.355. The van der Waals surface area contributed by atoms with Crippen molar-refractivity contribution in [3.63, 3.8) is 0 Å². The summed E-state index contributed by atoms with van der Waals surface area (Å²) in [5, 5.41) is 17.5. The molecule has 0 aliphatic carbocycles. The molecule has 2 aromatic carbocycles. The molecule has 0 saturated heterocycles. The van der Waals surface area contributed by atoms with Crippen LogP contribution in [0.2, 0.25) is 0 Å². The molecule has 8 heteroatoms. The van der Waals surface area contributed by atoms with Crippen LogP contribution in [0, 0.1) is 0 Å². The molecule has 26 heavy (non-hydrogen) atoms. The zero-order valence-corrected chi connectivity index (χ0v) is 14.3. The monoisotopic (exact) mass is 362 g/mol. The highest BCUT2D eigenvalue weighted by Gasteiger charge is 2.11. The molecule has 0 fully saturated rings. The number of para-hydroxylation sites is 1. The van der Waals surface area contributed by atoms with Crippen LogP contribution in [-0.4, -0.2) is 34.0 Å². The maximum atomic E-state index is 10.7. The number of ether oxygens (including phenoxy) is 1. The molecule has 8 nitrogen and oxygen atoms in total. The van der Waals surface area contributed by atoms with Crippen molar-refractivity contribution in [1.82, 2.24) is 6.15 Å². The third-order valence-electron chi connectivity index (χ3n) is 2.95. The fraction of sp³-hybridized carbons (Fsp3) is 0.167. The van der Waals surface area contributed by atoms with Crippen molar-refractivity contribution in [2.24, 2.45) is 5.73 Å². The molecular formula is C18H22N2O6. The van der Waals surface area contributed by atoms with Crippen LogP contribution in [0.5, 0.6) is 11.5 Å². The van der Waals surface area contributed by atoms with Gasteiger partial charge in [0.1, 0.15) is 17.5 Å². The number of aromatic hydroxyl groups is 1. The molecule has 0 bridgehead atoms. The van der Waals surface area contributed by atoms with Crippen LogP contribution in [-0.2, 0) is 20.8 Å². The van der Waals surface area contributed by atoms with Crippen LogP contribution in [0.25, 0.3) is 0 Å². The normalized spacial score (nSPS) is 10.4. The third-order valence-corrected chi connectivity index (χ3v) is 2.95. The van der Waals surface area contributed by atoms with Crippen LogP contribution >= 0.6 is 0 Å². The number of nitrogens with two attached hydrogens (primary N) is 1. The molecule has 140 valence electrons. The van der Waals surface area contributed by atoms with Gasteiger partial charge in [-0.25, -0.2) is 4.79 Å². The molecule has 7 N–H and O–H groups in total. The Hall–Kier alpha value is -3.23. The SMILES string of the molecule is CC(=O)C(=O)Oc1ccccc1.N.NC(Cc1ccc(O)cc1)C(=O)O. The molecule has 0 aromatic heterocycles. The van der Waals surface area contributed by atoms with E-state index < -0.39 is 23.8 Å². The lowest BCUT2D eigenvalue weighted by Gasteiger charge is -2.05. The standard InChI is InChI=1S/C9H11NO3.C9H8O3.H3N/c10-8(9(12)13)5-6-1-3-7(11)4-2-6;1-7(10)9(11)12-8-5-3-2-4-6-8;/h1-4,8,11H,5,10H2,(H,12,13);2-6H,1H3;1H3. The van der Waals surface area contributed by atoms with Gasteiger partial charge in [-0.05, 0) is 36.2 Å². The minimum absolute atomic E-state index is 0. The van der Waals surface area contributed by atoms with Crippen LogP contribution in [0.4, 0.5) is 0 Å². The summed E-state index contributed by atoms with van der Waals surface area (Å²) in [7, 11) is 0. The Balaban J connectivity index is 0.000000464. The zero-order chi connectivity index (χ0) is 18.8. The van der Waals surface area contributed by atoms with Gasteiger partial charge in [-0.1, -0.05) is 30.3 Å². The second-order valence-corrected chi connectivity index (χ2v) is 5.07. The summed E-state index contributed by atoms with van der Waals surface area (Å²) >= 11 is 0. The first kappa shape index (κ1) is 22.8. The molecule has 0 spiro atoms. The Labute approximate surface area is 150 Å². The Morgan fingerprint density at radius 3 is 2.04 bits per heavy atom. The van der Waals surface area contributed by atoms with Crippen molar-refractivity contribution in [2.45, 2.75) is 19.4 Å². The van der Waals surface area contributed by atoms with E-state index in [-0.39, 0.29) is 18.3 Å². The number of carboxylic acid groups (broad SMARTS) is 1. The second kappa shape index (κ2) is 11.3. The number of hydrogen-bond acceptors (Lipinski definition) is 7. The fourth-order valence-corrected chi connectivity index (χ4v) is 1.64. The van der Waals surface area contributed by atoms with Crippen molar-refractivity contribution in [3.05, 3.63) is 60.2 Å². The fourth-order valence-electron chi connectivity index (χ4n) is 1.64. The molecule has 2 rings (SSSR count). The number of carbonyl (C=O) groups excluding carboxylic acids is 2. The van der Waals surface area contributed by atoms with E-state index in [1.165, 1.54) is 19.1 Å². The number of phenols is 1. The Kier molecular flexibility index (Phi) is 9.94. The molecule has 0 amide bonds. The first-order valence-corrected chi connectivity index (χ1v) is 7.33. The van der Waals surface area contributed by atoms with Gasteiger partial charge in [0.15, 0.2) is 0 Å². The summed E-state index contributed by atoms with van der Waals surface area (Å²) in [6.45, 7) is 1.17. The number of ketones is 1. The number of benzene rings is 2. The Bertz CT molecular complexity index is 716. The maximum Gasteiger partial charge on any atom is 0.379 e. The number of phenolic OH excluding ortho intramolecular Hbond substituents is 1. The van der Waals surface area contributed by atoms with E-state index in [2.05, 4.69) is 4.74 Å². The highest BCUT2D eigenvalue weighted by atomic mass is 16.5. The van der Waals surface area contributed by atoms with E-state index in [4.69, 9.17) is 15.9 Å². The first-order valence-electron chi connectivity index (χ1n) is 7.33. The van der Waals surface area contributed by atoms with Gasteiger partial charge < -0.3 is 26.8 Å². The molecule has 0 aliphatic rings. The molecule has 0 saturated carbocycles. The van der Waals surface area contributed by atoms with Crippen LogP contribution in [0.15, 0.2) is 54.6 Å². The lowest BCUT2D eigenvalue weighted by atomic mass is 10.1. The smallest absolute Gasteiger partial charge is 0.379 e. The Morgan fingerprint density at radius 1 is 1.04 bits per heavy atom. The number of rotatable bonds is 5. The molecule has 0 aliphatic heterocycles. The average molecular weight is 362 g/mol. The van der Waals surface area contributed by atoms with Gasteiger partial charge in [0.05, 0.1) is 0 Å². The van der Waals surface area contributed by atoms with Crippen LogP contribution in [0.1, 0.15) is 12.5 Å². The van der Waals surface area contributed by atoms with Crippen molar-refractivity contribution in [2.75, 3.05) is 0 Å². The lowest BCUT2D eigenvalue weighted by molar-refractivity contribution is -0.146. The summed E-state index contributed by atoms with van der Waals surface area (Å²) < 4.78 is 4.69. The van der Waals surface area contributed by atoms with E-state index in [0.29, 0.717) is 5.75 Å². The van der Waals surface area contributed by atoms with Gasteiger partial charge in [0.25, 0.3) is 0 Å². The van der Waals surface area contributed by atoms with E-state index in [1.807, 2.05) is 0 Å². The molecule has 1 atom stereocenters. The third kappa shape index (κ3) is 8.57. The highest BCUT2D eigenvalue weighted by Crippen LogP contribution is 2.10. The van der Waals surface area contributed by atoms with Gasteiger partial charge in [-0.2, -0.15) is 0 Å².